The van der Waals surface area contributed by atoms with Crippen molar-refractivity contribution in [1.82, 2.24) is 15.5 Å². The van der Waals surface area contributed by atoms with Gasteiger partial charge in [0.2, 0.25) is 0 Å². The normalized spacial score (nSPS) is 32.9. The number of hydrogen-bond acceptors (Lipinski definition) is 4. The maximum atomic E-state index is 12.1. The van der Waals surface area contributed by atoms with E-state index in [1.165, 1.54) is 0 Å². The van der Waals surface area contributed by atoms with Crippen LogP contribution in [-0.2, 0) is 4.79 Å². The lowest BCUT2D eigenvalue weighted by atomic mass is 9.73. The largest absolute Gasteiger partial charge is 0.480 e. The van der Waals surface area contributed by atoms with Crippen LogP contribution in [0.2, 0.25) is 0 Å². The fraction of sp³-hybridized carbons (Fsp3) is 0.882. The molecule has 0 heterocycles. The molecular weight excluding hydrogens is 310 g/mol. The fourth-order valence-corrected chi connectivity index (χ4v) is 3.78. The van der Waals surface area contributed by atoms with E-state index < -0.39 is 5.97 Å². The number of carbonyl (C=O) groups is 2. The lowest BCUT2D eigenvalue weighted by molar-refractivity contribution is -0.139. The number of carboxylic acid groups (broad SMARTS) is 1. The van der Waals surface area contributed by atoms with Crippen molar-refractivity contribution in [3.05, 3.63) is 0 Å². The SMILES string of the molecule is CCN(CC(=O)O)C1CC(NC(=O)NCC2(C)CCCCC2O)C1. The molecule has 0 aromatic rings. The first-order valence-electron chi connectivity index (χ1n) is 9.02. The molecule has 7 heteroatoms. The highest BCUT2D eigenvalue weighted by atomic mass is 16.4. The van der Waals surface area contributed by atoms with Gasteiger partial charge < -0.3 is 20.8 Å². The molecule has 0 aromatic carbocycles. The van der Waals surface area contributed by atoms with Crippen molar-refractivity contribution in [2.24, 2.45) is 5.41 Å². The lowest BCUT2D eigenvalue weighted by Gasteiger charge is -2.42. The van der Waals surface area contributed by atoms with Crippen LogP contribution in [0.25, 0.3) is 0 Å². The molecule has 7 nitrogen and oxygen atoms in total. The zero-order valence-electron chi connectivity index (χ0n) is 14.8. The smallest absolute Gasteiger partial charge is 0.317 e. The third-order valence-electron chi connectivity index (χ3n) is 5.64. The van der Waals surface area contributed by atoms with E-state index in [2.05, 4.69) is 10.6 Å². The van der Waals surface area contributed by atoms with Crippen molar-refractivity contribution in [3.8, 4) is 0 Å². The van der Waals surface area contributed by atoms with Gasteiger partial charge in [0.15, 0.2) is 0 Å². The first-order chi connectivity index (χ1) is 11.3. The average Bonchev–Trinajstić information content (AvgIpc) is 2.49. The minimum Gasteiger partial charge on any atom is -0.480 e. The van der Waals surface area contributed by atoms with Gasteiger partial charge in [0.05, 0.1) is 12.6 Å². The summed E-state index contributed by atoms with van der Waals surface area (Å²) < 4.78 is 0. The number of nitrogens with one attached hydrogen (secondary N) is 2. The van der Waals surface area contributed by atoms with E-state index in [-0.39, 0.29) is 36.2 Å². The molecule has 138 valence electrons. The number of aliphatic carboxylic acids is 1. The van der Waals surface area contributed by atoms with Gasteiger partial charge in [-0.3, -0.25) is 9.69 Å². The van der Waals surface area contributed by atoms with Crippen molar-refractivity contribution in [2.75, 3.05) is 19.6 Å². The maximum Gasteiger partial charge on any atom is 0.317 e. The van der Waals surface area contributed by atoms with Crippen molar-refractivity contribution < 1.29 is 19.8 Å². The van der Waals surface area contributed by atoms with E-state index in [4.69, 9.17) is 5.11 Å². The Balaban J connectivity index is 1.68. The second-order valence-corrected chi connectivity index (χ2v) is 7.52. The van der Waals surface area contributed by atoms with E-state index >= 15 is 0 Å². The molecule has 0 radical (unpaired) electrons. The van der Waals surface area contributed by atoms with Crippen LogP contribution >= 0.6 is 0 Å². The maximum absolute atomic E-state index is 12.1. The van der Waals surface area contributed by atoms with E-state index in [9.17, 15) is 14.7 Å². The Labute approximate surface area is 143 Å². The molecule has 4 N–H and O–H groups in total. The molecule has 0 aromatic heterocycles. The first-order valence-corrected chi connectivity index (χ1v) is 9.02. The molecule has 2 saturated carbocycles. The van der Waals surface area contributed by atoms with Gasteiger partial charge in [-0.15, -0.1) is 0 Å². The minimum atomic E-state index is -0.815. The molecule has 2 rings (SSSR count). The van der Waals surface area contributed by atoms with E-state index in [0.29, 0.717) is 13.1 Å². The number of carboxylic acids is 1. The van der Waals surface area contributed by atoms with Crippen molar-refractivity contribution in [2.45, 2.75) is 70.6 Å². The number of nitrogens with zero attached hydrogens (tertiary/aromatic N) is 1. The Morgan fingerprint density at radius 2 is 2.00 bits per heavy atom. The van der Waals surface area contributed by atoms with Crippen LogP contribution in [0.1, 0.15) is 52.4 Å². The molecule has 2 aliphatic rings. The molecule has 2 unspecified atom stereocenters. The monoisotopic (exact) mass is 341 g/mol. The van der Waals surface area contributed by atoms with Crippen LogP contribution in [0.3, 0.4) is 0 Å². The van der Waals surface area contributed by atoms with Crippen LogP contribution in [0.5, 0.6) is 0 Å². The summed E-state index contributed by atoms with van der Waals surface area (Å²) in [5.41, 5.74) is -0.238. The summed E-state index contributed by atoms with van der Waals surface area (Å²) in [4.78, 5) is 24.8. The quantitative estimate of drug-likeness (QED) is 0.557. The Morgan fingerprint density at radius 1 is 1.29 bits per heavy atom. The van der Waals surface area contributed by atoms with Gasteiger partial charge in [0, 0.05) is 24.0 Å². The Kier molecular flexibility index (Phi) is 6.46. The van der Waals surface area contributed by atoms with Gasteiger partial charge in [0.1, 0.15) is 0 Å². The van der Waals surface area contributed by atoms with Crippen LogP contribution in [-0.4, -0.2) is 64.9 Å². The van der Waals surface area contributed by atoms with Gasteiger partial charge >= 0.3 is 12.0 Å². The Morgan fingerprint density at radius 3 is 2.58 bits per heavy atom. The number of aliphatic hydroxyl groups is 1. The van der Waals surface area contributed by atoms with Crippen molar-refractivity contribution in [3.63, 3.8) is 0 Å². The standard InChI is InChI=1S/C17H31N3O4/c1-3-20(10-15(22)23)13-8-12(9-13)19-16(24)18-11-17(2)7-5-4-6-14(17)21/h12-14,21H,3-11H2,1-2H3,(H,22,23)(H2,18,19,24). The number of rotatable bonds is 7. The third-order valence-corrected chi connectivity index (χ3v) is 5.64. The molecule has 0 spiro atoms. The summed E-state index contributed by atoms with van der Waals surface area (Å²) in [5, 5.41) is 24.9. The number of amides is 2. The van der Waals surface area contributed by atoms with Crippen LogP contribution in [0.4, 0.5) is 4.79 Å². The van der Waals surface area contributed by atoms with E-state index in [1.54, 1.807) is 0 Å². The molecule has 0 saturated heterocycles. The molecule has 24 heavy (non-hydrogen) atoms. The second-order valence-electron chi connectivity index (χ2n) is 7.52. The predicted molar refractivity (Wildman–Crippen MR) is 90.8 cm³/mol. The number of hydrogen-bond donors (Lipinski definition) is 4. The summed E-state index contributed by atoms with van der Waals surface area (Å²) >= 11 is 0. The van der Waals surface area contributed by atoms with E-state index in [1.807, 2.05) is 18.7 Å². The number of carbonyl (C=O) groups excluding carboxylic acids is 1. The van der Waals surface area contributed by atoms with Crippen molar-refractivity contribution in [1.29, 1.82) is 0 Å². The minimum absolute atomic E-state index is 0.0519. The predicted octanol–water partition coefficient (Wildman–Crippen LogP) is 1.16. The van der Waals surface area contributed by atoms with Crippen LogP contribution in [0, 0.1) is 5.41 Å². The highest BCUT2D eigenvalue weighted by Crippen LogP contribution is 2.35. The molecule has 2 fully saturated rings. The fourth-order valence-electron chi connectivity index (χ4n) is 3.78. The number of likely N-dealkylation sites (N-methyl/N-ethyl adjacent to an activating group) is 1. The lowest BCUT2D eigenvalue weighted by Crippen LogP contribution is -2.57. The Bertz CT molecular complexity index is 453. The summed E-state index contributed by atoms with van der Waals surface area (Å²) in [5.74, 6) is -0.815. The molecule has 2 aliphatic carbocycles. The third kappa shape index (κ3) is 4.83. The average molecular weight is 341 g/mol. The van der Waals surface area contributed by atoms with Crippen LogP contribution < -0.4 is 10.6 Å². The van der Waals surface area contributed by atoms with Gasteiger partial charge in [-0.2, -0.15) is 0 Å². The highest BCUT2D eigenvalue weighted by molar-refractivity contribution is 5.74. The molecule has 2 atom stereocenters. The first kappa shape index (κ1) is 19.0. The van der Waals surface area contributed by atoms with Gasteiger partial charge in [-0.25, -0.2) is 4.79 Å². The topological polar surface area (TPSA) is 102 Å². The second kappa shape index (κ2) is 8.16. The summed E-state index contributed by atoms with van der Waals surface area (Å²) in [6.07, 6.45) is 5.10. The Hall–Kier alpha value is -1.34. The highest BCUT2D eigenvalue weighted by Gasteiger charge is 2.37. The summed E-state index contributed by atoms with van der Waals surface area (Å²) in [7, 11) is 0. The summed E-state index contributed by atoms with van der Waals surface area (Å²) in [6.45, 7) is 5.22. The van der Waals surface area contributed by atoms with Crippen LogP contribution in [0.15, 0.2) is 0 Å². The molecule has 0 bridgehead atoms. The number of urea groups is 1. The van der Waals surface area contributed by atoms with E-state index in [0.717, 1.165) is 38.5 Å². The van der Waals surface area contributed by atoms with Gasteiger partial charge in [-0.05, 0) is 32.2 Å². The van der Waals surface area contributed by atoms with Gasteiger partial charge in [-0.1, -0.05) is 26.7 Å². The number of aliphatic hydroxyl groups excluding tert-OH is 1. The zero-order valence-corrected chi connectivity index (χ0v) is 14.8. The summed E-state index contributed by atoms with van der Waals surface area (Å²) in [6, 6.07) is 0.134. The molecule has 0 aliphatic heterocycles. The zero-order chi connectivity index (χ0) is 17.7. The van der Waals surface area contributed by atoms with Crippen molar-refractivity contribution >= 4 is 12.0 Å². The van der Waals surface area contributed by atoms with Gasteiger partial charge in [0.25, 0.3) is 0 Å². The molecular formula is C17H31N3O4. The molecule has 2 amide bonds.